The van der Waals surface area contributed by atoms with E-state index in [2.05, 4.69) is 41.3 Å². The van der Waals surface area contributed by atoms with Gasteiger partial charge in [-0.1, -0.05) is 91.0 Å². The summed E-state index contributed by atoms with van der Waals surface area (Å²) in [5.41, 5.74) is 2.86. The lowest BCUT2D eigenvalue weighted by Gasteiger charge is -2.47. The summed E-state index contributed by atoms with van der Waals surface area (Å²) >= 11 is 0. The van der Waals surface area contributed by atoms with Gasteiger partial charge in [-0.15, -0.1) is 0 Å². The average molecular weight is 523 g/mol. The van der Waals surface area contributed by atoms with E-state index in [0.717, 1.165) is 23.1 Å². The van der Waals surface area contributed by atoms with Crippen LogP contribution in [0.15, 0.2) is 120 Å². The van der Waals surface area contributed by atoms with Crippen molar-refractivity contribution in [3.8, 4) is 6.07 Å². The molecule has 4 aromatic carbocycles. The molecule has 1 saturated heterocycles. The molecule has 1 heterocycles. The first-order valence-corrected chi connectivity index (χ1v) is 14.5. The summed E-state index contributed by atoms with van der Waals surface area (Å²) in [5, 5.41) is 20.6. The molecule has 1 fully saturated rings. The lowest BCUT2D eigenvalue weighted by molar-refractivity contribution is 0.0451. The summed E-state index contributed by atoms with van der Waals surface area (Å²) in [6.45, 7) is 0.706. The van der Waals surface area contributed by atoms with E-state index in [4.69, 9.17) is 5.26 Å². The zero-order valence-corrected chi connectivity index (χ0v) is 21.8. The molecule has 0 amide bonds. The Kier molecular flexibility index (Phi) is 7.44. The van der Waals surface area contributed by atoms with Gasteiger partial charge in [-0.25, -0.2) is 8.42 Å². The summed E-state index contributed by atoms with van der Waals surface area (Å²) in [6.07, 6.45) is 0.416. The van der Waals surface area contributed by atoms with E-state index >= 15 is 0 Å². The van der Waals surface area contributed by atoms with Crippen LogP contribution in [-0.2, 0) is 15.4 Å². The van der Waals surface area contributed by atoms with E-state index in [1.165, 1.54) is 24.3 Å². The van der Waals surface area contributed by atoms with Crippen molar-refractivity contribution in [2.45, 2.75) is 35.4 Å². The van der Waals surface area contributed by atoms with Gasteiger partial charge >= 0.3 is 0 Å². The number of aliphatic hydroxyl groups is 1. The zero-order chi connectivity index (χ0) is 26.6. The molecule has 5 nitrogen and oxygen atoms in total. The maximum Gasteiger partial charge on any atom is 0.180 e. The first kappa shape index (κ1) is 25.9. The van der Waals surface area contributed by atoms with Crippen LogP contribution >= 0.6 is 0 Å². The number of aliphatic hydroxyl groups excluding tert-OH is 1. The third kappa shape index (κ3) is 4.77. The van der Waals surface area contributed by atoms with Crippen LogP contribution in [0.4, 0.5) is 0 Å². The molecule has 38 heavy (non-hydrogen) atoms. The molecule has 1 aliphatic rings. The second kappa shape index (κ2) is 10.9. The highest BCUT2D eigenvalue weighted by Gasteiger charge is 2.49. The van der Waals surface area contributed by atoms with Crippen LogP contribution in [0.5, 0.6) is 0 Å². The number of benzene rings is 4. The number of sulfone groups is 1. The van der Waals surface area contributed by atoms with Crippen molar-refractivity contribution >= 4 is 9.84 Å². The predicted molar refractivity (Wildman–Crippen MR) is 148 cm³/mol. The van der Waals surface area contributed by atoms with E-state index < -0.39 is 27.2 Å². The molecule has 0 spiro atoms. The van der Waals surface area contributed by atoms with Crippen LogP contribution in [0.2, 0.25) is 0 Å². The summed E-state index contributed by atoms with van der Waals surface area (Å²) in [7, 11) is -3.77. The fraction of sp³-hybridized carbons (Fsp3) is 0.219. The normalized spacial score (nSPS) is 17.1. The quantitative estimate of drug-likeness (QED) is 0.324. The molecule has 6 heteroatoms. The Morgan fingerprint density at radius 2 is 1.29 bits per heavy atom. The minimum atomic E-state index is -3.77. The van der Waals surface area contributed by atoms with Gasteiger partial charge in [0.2, 0.25) is 0 Å². The van der Waals surface area contributed by atoms with Gasteiger partial charge in [0, 0.05) is 12.6 Å². The minimum Gasteiger partial charge on any atom is -0.390 e. The number of nitrogens with zero attached hydrogens (tertiary/aromatic N) is 2. The lowest BCUT2D eigenvalue weighted by Crippen LogP contribution is -2.54. The molecular formula is C32H30N2O3S. The second-order valence-corrected chi connectivity index (χ2v) is 11.7. The van der Waals surface area contributed by atoms with Crippen molar-refractivity contribution in [1.82, 2.24) is 4.90 Å². The van der Waals surface area contributed by atoms with Crippen LogP contribution in [0, 0.1) is 11.3 Å². The van der Waals surface area contributed by atoms with Crippen molar-refractivity contribution < 1.29 is 13.5 Å². The summed E-state index contributed by atoms with van der Waals surface area (Å²) in [4.78, 5) is 2.41. The third-order valence-electron chi connectivity index (χ3n) is 7.48. The van der Waals surface area contributed by atoms with Gasteiger partial charge in [-0.05, 0) is 53.8 Å². The molecule has 0 radical (unpaired) electrons. The van der Waals surface area contributed by atoms with Crippen molar-refractivity contribution in [2.24, 2.45) is 0 Å². The molecule has 0 aliphatic carbocycles. The Morgan fingerprint density at radius 3 is 1.74 bits per heavy atom. The second-order valence-electron chi connectivity index (χ2n) is 9.70. The smallest absolute Gasteiger partial charge is 0.180 e. The molecule has 0 saturated carbocycles. The summed E-state index contributed by atoms with van der Waals surface area (Å²) in [5.74, 6) is -0.394. The van der Waals surface area contributed by atoms with Gasteiger partial charge in [-0.3, -0.25) is 4.90 Å². The van der Waals surface area contributed by atoms with Crippen LogP contribution in [0.3, 0.4) is 0 Å². The number of hydrogen-bond donors (Lipinski definition) is 1. The third-order valence-corrected chi connectivity index (χ3v) is 9.25. The Balaban J connectivity index is 1.60. The predicted octanol–water partition coefficient (Wildman–Crippen LogP) is 5.15. The number of hydrogen-bond acceptors (Lipinski definition) is 5. The Bertz CT molecular complexity index is 1400. The minimum absolute atomic E-state index is 0.112. The maximum absolute atomic E-state index is 13.3. The standard InChI is InChI=1S/C32H30N2O3S/c33-23-25-18-20-29(21-19-25)38(36,37)24-31(35)30-17-10-22-34(30)32(26-11-4-1-5-12-26,27-13-6-2-7-14-27)28-15-8-3-9-16-28/h1-9,11-16,18-21,30-31,35H,10,17,22,24H2/t30?,31-/m0/s1. The highest BCUT2D eigenvalue weighted by molar-refractivity contribution is 7.91. The number of rotatable bonds is 8. The van der Waals surface area contributed by atoms with E-state index in [9.17, 15) is 13.5 Å². The van der Waals surface area contributed by atoms with Crippen LogP contribution in [-0.4, -0.2) is 42.9 Å². The van der Waals surface area contributed by atoms with E-state index in [-0.39, 0.29) is 10.9 Å². The molecule has 1 aliphatic heterocycles. The van der Waals surface area contributed by atoms with Gasteiger partial charge in [0.05, 0.1) is 33.9 Å². The Hall–Kier alpha value is -3.76. The highest BCUT2D eigenvalue weighted by atomic mass is 32.2. The molecular weight excluding hydrogens is 492 g/mol. The van der Waals surface area contributed by atoms with Crippen molar-refractivity contribution in [3.05, 3.63) is 138 Å². The van der Waals surface area contributed by atoms with E-state index in [1.54, 1.807) is 0 Å². The van der Waals surface area contributed by atoms with Crippen molar-refractivity contribution in [1.29, 1.82) is 5.26 Å². The molecule has 4 aromatic rings. The van der Waals surface area contributed by atoms with Crippen molar-refractivity contribution in [2.75, 3.05) is 12.3 Å². The first-order valence-electron chi connectivity index (χ1n) is 12.8. The van der Waals surface area contributed by atoms with E-state index in [0.29, 0.717) is 18.5 Å². The molecule has 0 bridgehead atoms. The van der Waals surface area contributed by atoms with E-state index in [1.807, 2.05) is 60.7 Å². The number of nitriles is 1. The van der Waals surface area contributed by atoms with Gasteiger partial charge < -0.3 is 5.11 Å². The molecule has 2 atom stereocenters. The lowest BCUT2D eigenvalue weighted by atomic mass is 9.75. The average Bonchev–Trinajstić information content (AvgIpc) is 3.46. The van der Waals surface area contributed by atoms with Gasteiger partial charge in [0.1, 0.15) is 0 Å². The fourth-order valence-corrected chi connectivity index (χ4v) is 7.23. The van der Waals surface area contributed by atoms with Crippen LogP contribution in [0.1, 0.15) is 35.1 Å². The van der Waals surface area contributed by atoms with Gasteiger partial charge in [0.25, 0.3) is 0 Å². The Labute approximate surface area is 224 Å². The van der Waals surface area contributed by atoms with Gasteiger partial charge in [-0.2, -0.15) is 5.26 Å². The van der Waals surface area contributed by atoms with Crippen molar-refractivity contribution in [3.63, 3.8) is 0 Å². The molecule has 1 N–H and O–H groups in total. The SMILES string of the molecule is N#Cc1ccc(S(=O)(=O)C[C@H](O)C2CCCN2C(c2ccccc2)(c2ccccc2)c2ccccc2)cc1. The maximum atomic E-state index is 13.3. The fourth-order valence-electron chi connectivity index (χ4n) is 5.81. The molecule has 0 aromatic heterocycles. The number of likely N-dealkylation sites (tertiary alicyclic amines) is 1. The topological polar surface area (TPSA) is 81.4 Å². The summed E-state index contributed by atoms with van der Waals surface area (Å²) < 4.78 is 26.6. The zero-order valence-electron chi connectivity index (χ0n) is 21.0. The molecule has 192 valence electrons. The summed E-state index contributed by atoms with van der Waals surface area (Å²) in [6, 6.07) is 38.2. The van der Waals surface area contributed by atoms with Crippen LogP contribution < -0.4 is 0 Å². The molecule has 1 unspecified atom stereocenters. The monoisotopic (exact) mass is 522 g/mol. The van der Waals surface area contributed by atoms with Crippen LogP contribution in [0.25, 0.3) is 0 Å². The first-order chi connectivity index (χ1) is 18.5. The largest absolute Gasteiger partial charge is 0.390 e. The molecule has 5 rings (SSSR count). The van der Waals surface area contributed by atoms with Gasteiger partial charge in [0.15, 0.2) is 9.84 Å². The Morgan fingerprint density at radius 1 is 0.816 bits per heavy atom. The highest BCUT2D eigenvalue weighted by Crippen LogP contribution is 2.46.